The van der Waals surface area contributed by atoms with Crippen LogP contribution in [0.2, 0.25) is 0 Å². The molecule has 0 bridgehead atoms. The van der Waals surface area contributed by atoms with E-state index in [1.165, 1.54) is 24.1 Å². The molecule has 23 heavy (non-hydrogen) atoms. The lowest BCUT2D eigenvalue weighted by molar-refractivity contribution is 0.0699. The van der Waals surface area contributed by atoms with Gasteiger partial charge in [-0.3, -0.25) is 4.79 Å². The van der Waals surface area contributed by atoms with Crippen molar-refractivity contribution in [3.8, 4) is 5.88 Å². The summed E-state index contributed by atoms with van der Waals surface area (Å²) in [5.74, 6) is -1.30. The Kier molecular flexibility index (Phi) is 3.75. The van der Waals surface area contributed by atoms with Crippen molar-refractivity contribution < 1.29 is 18.3 Å². The second-order valence-corrected chi connectivity index (χ2v) is 5.62. The number of ether oxygens (including phenoxy) is 1. The van der Waals surface area contributed by atoms with Crippen LogP contribution in [0.4, 0.5) is 8.78 Å². The first-order chi connectivity index (χ1) is 11.0. The molecule has 0 unspecified atom stereocenters. The fourth-order valence-electron chi connectivity index (χ4n) is 2.83. The molecule has 0 radical (unpaired) electrons. The zero-order chi connectivity index (χ0) is 16.6. The predicted molar refractivity (Wildman–Crippen MR) is 80.2 cm³/mol. The number of carbonyl (C=O) groups excluding carboxylic acids is 1. The third kappa shape index (κ3) is 2.65. The van der Waals surface area contributed by atoms with E-state index in [2.05, 4.69) is 4.98 Å². The van der Waals surface area contributed by atoms with Crippen molar-refractivity contribution in [1.29, 1.82) is 0 Å². The van der Waals surface area contributed by atoms with Crippen LogP contribution in [0.15, 0.2) is 36.5 Å². The van der Waals surface area contributed by atoms with E-state index < -0.39 is 17.3 Å². The van der Waals surface area contributed by atoms with Crippen molar-refractivity contribution in [2.75, 3.05) is 14.2 Å². The van der Waals surface area contributed by atoms with Gasteiger partial charge in [0, 0.05) is 7.05 Å². The quantitative estimate of drug-likeness (QED) is 0.870. The standard InChI is InChI=1S/C17H16F2N2O2/c1-21(16(22)14-9-13(19)10-20-15(14)23-2)17(6-7-17)11-4-3-5-12(18)8-11/h3-5,8-10H,6-7H2,1-2H3. The van der Waals surface area contributed by atoms with Crippen molar-refractivity contribution in [3.63, 3.8) is 0 Å². The molecular formula is C17H16F2N2O2. The molecule has 1 aromatic carbocycles. The first-order valence-electron chi connectivity index (χ1n) is 7.22. The first-order valence-corrected chi connectivity index (χ1v) is 7.22. The third-order valence-electron chi connectivity index (χ3n) is 4.27. The number of amides is 1. The topological polar surface area (TPSA) is 42.4 Å². The smallest absolute Gasteiger partial charge is 0.259 e. The molecular weight excluding hydrogens is 302 g/mol. The molecule has 0 atom stereocenters. The van der Waals surface area contributed by atoms with E-state index in [1.54, 1.807) is 19.2 Å². The van der Waals surface area contributed by atoms with Gasteiger partial charge in [0.05, 0.1) is 18.8 Å². The lowest BCUT2D eigenvalue weighted by Crippen LogP contribution is -2.37. The summed E-state index contributed by atoms with van der Waals surface area (Å²) < 4.78 is 32.0. The Morgan fingerprint density at radius 2 is 2.00 bits per heavy atom. The molecule has 1 aromatic heterocycles. The highest BCUT2D eigenvalue weighted by atomic mass is 19.1. The van der Waals surface area contributed by atoms with Crippen molar-refractivity contribution >= 4 is 5.91 Å². The van der Waals surface area contributed by atoms with Gasteiger partial charge in [0.1, 0.15) is 17.2 Å². The van der Waals surface area contributed by atoms with Crippen LogP contribution in [0.25, 0.3) is 0 Å². The van der Waals surface area contributed by atoms with Gasteiger partial charge < -0.3 is 9.64 Å². The molecule has 1 amide bonds. The maximum Gasteiger partial charge on any atom is 0.259 e. The Balaban J connectivity index is 1.96. The van der Waals surface area contributed by atoms with Gasteiger partial charge in [-0.15, -0.1) is 0 Å². The zero-order valence-corrected chi connectivity index (χ0v) is 12.8. The number of rotatable bonds is 4. The van der Waals surface area contributed by atoms with Crippen LogP contribution in [0.5, 0.6) is 5.88 Å². The van der Waals surface area contributed by atoms with E-state index in [4.69, 9.17) is 4.74 Å². The minimum absolute atomic E-state index is 0.0534. The minimum atomic E-state index is -0.613. The Hall–Kier alpha value is -2.50. The molecule has 6 heteroatoms. The van der Waals surface area contributed by atoms with E-state index in [0.717, 1.165) is 30.7 Å². The van der Waals surface area contributed by atoms with Crippen molar-refractivity contribution in [2.24, 2.45) is 0 Å². The summed E-state index contributed by atoms with van der Waals surface area (Å²) >= 11 is 0. The summed E-state index contributed by atoms with van der Waals surface area (Å²) in [6.45, 7) is 0. The highest BCUT2D eigenvalue weighted by Gasteiger charge is 2.50. The molecule has 120 valence electrons. The van der Waals surface area contributed by atoms with Gasteiger partial charge >= 0.3 is 0 Å². The first kappa shape index (κ1) is 15.4. The highest BCUT2D eigenvalue weighted by molar-refractivity contribution is 5.97. The molecule has 3 rings (SSSR count). The summed E-state index contributed by atoms with van der Waals surface area (Å²) in [5.41, 5.74) is 0.227. The molecule has 1 heterocycles. The number of methoxy groups -OCH3 is 1. The Bertz CT molecular complexity index is 760. The van der Waals surface area contributed by atoms with Crippen LogP contribution < -0.4 is 4.74 Å². The maximum absolute atomic E-state index is 13.5. The van der Waals surface area contributed by atoms with Crippen LogP contribution in [-0.2, 0) is 5.54 Å². The monoisotopic (exact) mass is 318 g/mol. The number of benzene rings is 1. The average molecular weight is 318 g/mol. The summed E-state index contributed by atoms with van der Waals surface area (Å²) in [4.78, 5) is 18.1. The normalized spacial score (nSPS) is 15.1. The number of aromatic nitrogens is 1. The molecule has 2 aromatic rings. The molecule has 4 nitrogen and oxygen atoms in total. The second kappa shape index (κ2) is 5.61. The third-order valence-corrected chi connectivity index (χ3v) is 4.27. The second-order valence-electron chi connectivity index (χ2n) is 5.62. The maximum atomic E-state index is 13.5. The van der Waals surface area contributed by atoms with Crippen LogP contribution in [0.1, 0.15) is 28.8 Å². The number of pyridine rings is 1. The number of halogens is 2. The van der Waals surface area contributed by atoms with Gasteiger partial charge in [-0.25, -0.2) is 13.8 Å². The molecule has 1 aliphatic carbocycles. The summed E-state index contributed by atoms with van der Waals surface area (Å²) in [5, 5.41) is 0. The SMILES string of the molecule is COc1ncc(F)cc1C(=O)N(C)C1(c2cccc(F)c2)CC1. The van der Waals surface area contributed by atoms with Gasteiger partial charge in [-0.05, 0) is 36.6 Å². The lowest BCUT2D eigenvalue weighted by Gasteiger charge is -2.29. The largest absolute Gasteiger partial charge is 0.480 e. The summed E-state index contributed by atoms with van der Waals surface area (Å²) in [6, 6.07) is 7.30. The Labute approximate surface area is 132 Å². The number of nitrogens with zero attached hydrogens (tertiary/aromatic N) is 2. The van der Waals surface area contributed by atoms with E-state index in [1.807, 2.05) is 0 Å². The Morgan fingerprint density at radius 3 is 2.61 bits per heavy atom. The van der Waals surface area contributed by atoms with Gasteiger partial charge in [0.15, 0.2) is 0 Å². The van der Waals surface area contributed by atoms with Crippen molar-refractivity contribution in [3.05, 3.63) is 59.3 Å². The molecule has 1 aliphatic rings. The molecule has 0 saturated heterocycles. The molecule has 0 N–H and O–H groups in total. The fraction of sp³-hybridized carbons (Fsp3) is 0.294. The number of hydrogen-bond acceptors (Lipinski definition) is 3. The summed E-state index contributed by atoms with van der Waals surface area (Å²) in [7, 11) is 3.00. The lowest BCUT2D eigenvalue weighted by atomic mass is 10.0. The van der Waals surface area contributed by atoms with Crippen molar-refractivity contribution in [1.82, 2.24) is 9.88 Å². The van der Waals surface area contributed by atoms with Crippen LogP contribution in [0, 0.1) is 11.6 Å². The molecule has 0 aliphatic heterocycles. The number of hydrogen-bond donors (Lipinski definition) is 0. The van der Waals surface area contributed by atoms with E-state index in [-0.39, 0.29) is 17.3 Å². The van der Waals surface area contributed by atoms with Gasteiger partial charge in [0.2, 0.25) is 5.88 Å². The predicted octanol–water partition coefficient (Wildman–Crippen LogP) is 3.13. The van der Waals surface area contributed by atoms with Crippen LogP contribution >= 0.6 is 0 Å². The van der Waals surface area contributed by atoms with E-state index >= 15 is 0 Å². The van der Waals surface area contributed by atoms with E-state index in [9.17, 15) is 13.6 Å². The van der Waals surface area contributed by atoms with Gasteiger partial charge in [-0.1, -0.05) is 12.1 Å². The van der Waals surface area contributed by atoms with Gasteiger partial charge in [0.25, 0.3) is 5.91 Å². The van der Waals surface area contributed by atoms with Crippen LogP contribution in [0.3, 0.4) is 0 Å². The number of carbonyl (C=O) groups is 1. The average Bonchev–Trinajstić information content (AvgIpc) is 3.35. The molecule has 0 spiro atoms. The van der Waals surface area contributed by atoms with Crippen LogP contribution in [-0.4, -0.2) is 29.9 Å². The minimum Gasteiger partial charge on any atom is -0.480 e. The van der Waals surface area contributed by atoms with E-state index in [0.29, 0.717) is 0 Å². The van der Waals surface area contributed by atoms with Crippen molar-refractivity contribution in [2.45, 2.75) is 18.4 Å². The van der Waals surface area contributed by atoms with Gasteiger partial charge in [-0.2, -0.15) is 0 Å². The molecule has 1 fully saturated rings. The summed E-state index contributed by atoms with van der Waals surface area (Å²) in [6.07, 6.45) is 2.45. The highest BCUT2D eigenvalue weighted by Crippen LogP contribution is 2.51. The zero-order valence-electron chi connectivity index (χ0n) is 12.8. The Morgan fingerprint density at radius 1 is 1.26 bits per heavy atom. The fourth-order valence-corrected chi connectivity index (χ4v) is 2.83. The molecule has 1 saturated carbocycles.